The number of carboxylic acids is 3. The van der Waals surface area contributed by atoms with Crippen LogP contribution in [0.3, 0.4) is 0 Å². The second kappa shape index (κ2) is 50.4. The molecule has 3 aliphatic heterocycles. The maximum atomic E-state index is 15.7. The van der Waals surface area contributed by atoms with Gasteiger partial charge in [-0.05, 0) is 99.4 Å². The molecule has 22 N–H and O–H groups in total. The van der Waals surface area contributed by atoms with Crippen LogP contribution >= 0.6 is 11.8 Å². The third-order valence-corrected chi connectivity index (χ3v) is 24.7. The molecule has 5 heterocycles. The number of unbranched alkanes of at least 4 members (excludes halogenated alkanes) is 2. The molecule has 8 rings (SSSR count). The van der Waals surface area contributed by atoms with E-state index in [2.05, 4.69) is 63.1 Å². The number of aromatic amines is 2. The van der Waals surface area contributed by atoms with Gasteiger partial charge in [-0.3, -0.25) is 91.1 Å². The first-order chi connectivity index (χ1) is 63.3. The van der Waals surface area contributed by atoms with Crippen molar-refractivity contribution in [1.82, 2.24) is 87.6 Å². The van der Waals surface area contributed by atoms with Crippen LogP contribution in [0.5, 0.6) is 5.75 Å². The number of amides is 16. The molecule has 0 spiro atoms. The van der Waals surface area contributed by atoms with Gasteiger partial charge in [-0.15, -0.1) is 11.8 Å². The fraction of sp³-hybridized carbons (Fsp3) is 0.534. The van der Waals surface area contributed by atoms with Gasteiger partial charge in [0.1, 0.15) is 90.3 Å². The van der Waals surface area contributed by atoms with Gasteiger partial charge >= 0.3 is 17.9 Å². The number of rotatable bonds is 27. The van der Waals surface area contributed by atoms with Gasteiger partial charge in [0.25, 0.3) is 0 Å². The number of fused-ring (bicyclic) bond motifs is 4. The van der Waals surface area contributed by atoms with Crippen molar-refractivity contribution in [3.05, 3.63) is 102 Å². The molecule has 724 valence electrons. The van der Waals surface area contributed by atoms with E-state index in [1.54, 1.807) is 92.8 Å². The third-order valence-electron chi connectivity index (χ3n) is 23.6. The number of hydrogen-bond acceptors (Lipinski definition) is 24. The lowest BCUT2D eigenvalue weighted by Crippen LogP contribution is -2.61. The number of primary amides is 1. The molecular weight excluding hydrogens is 1750 g/mol. The number of carbonyl (C=O) groups excluding carboxylic acids is 16. The van der Waals surface area contributed by atoms with Crippen LogP contribution in [0.4, 0.5) is 0 Å². The number of aromatic nitrogens is 2. The average Bonchev–Trinajstić information content (AvgIpc) is 1.54. The summed E-state index contributed by atoms with van der Waals surface area (Å²) in [6.07, 6.45) is -2.86. The van der Waals surface area contributed by atoms with Crippen molar-refractivity contribution >= 4 is 146 Å². The average molecular weight is 1880 g/mol. The quantitative estimate of drug-likeness (QED) is 0.0245. The number of hydrogen-bond donors (Lipinski definition) is 19. The molecule has 0 unspecified atom stereocenters. The number of likely N-dealkylation sites (N-methyl/N-ethyl adjacent to an activating group) is 3. The van der Waals surface area contributed by atoms with Gasteiger partial charge in [0.05, 0.1) is 31.9 Å². The predicted octanol–water partition coefficient (Wildman–Crippen LogP) is -3.26. The second-order valence-corrected chi connectivity index (χ2v) is 34.2. The number of ether oxygens (including phenoxy) is 1. The van der Waals surface area contributed by atoms with Crippen LogP contribution in [0.2, 0.25) is 0 Å². The van der Waals surface area contributed by atoms with Crippen molar-refractivity contribution in [2.45, 2.75) is 227 Å². The topological polar surface area (TPSA) is 661 Å². The molecule has 5 aromatic rings. The standard InChI is InChI=1S/C88H122N20O24S/c1-8-10-21-66-81(124)96-57(28-30-72(112)113)77(120)103-65(76(119)94-43-70(91)110)45-133-46-71(111)95-62(35-48-24-26-52(132-7)27-25-48)84(127)104(4)47(3)75(118)97-59(32-33-89)86(129)107-34-16-23-67(107)82(125)102-64(40-90)80(123)98-58(29-31-73(114)115)87(130)108-44-51(109)38-69(108)83(126)100-60(36-49-41-92-55-19-14-12-17-53(49)55)78(121)99-61(39-74(116)117)79(122)101-63(37-50-42-93-56-20-15-13-18-54(50)56)85(128)106(6)68(22-11-9-2)88(131)105(66)5/h12-15,17-20,24-27,41-42,47,51,57-69,92-93,109H,8-11,16,21-23,28-40,43-46,89-90H2,1-7H3,(H2,91,110)(H,94,119)(H,95,111)(H,96,124)(H,97,118)(H,98,123)(H,99,121)(H,100,126)(H,101,122)(H,102,125)(H,103,120)(H,112,113)(H,114,115)(H,116,117)/t47-,51+,57-,58-,59-,60-,61-,62-,63-,64-,65-,66-,67-,68-,69-/m0/s1. The van der Waals surface area contributed by atoms with E-state index in [-0.39, 0.29) is 70.9 Å². The lowest BCUT2D eigenvalue weighted by molar-refractivity contribution is -0.149. The van der Waals surface area contributed by atoms with Crippen molar-refractivity contribution in [2.75, 3.05) is 72.5 Å². The van der Waals surface area contributed by atoms with Crippen molar-refractivity contribution in [2.24, 2.45) is 17.2 Å². The van der Waals surface area contributed by atoms with Gasteiger partial charge in [-0.1, -0.05) is 88.1 Å². The molecule has 0 bridgehead atoms. The second-order valence-electron chi connectivity index (χ2n) is 33.2. The van der Waals surface area contributed by atoms with Crippen molar-refractivity contribution in [3.8, 4) is 5.75 Å². The molecule has 3 aliphatic rings. The van der Waals surface area contributed by atoms with Crippen LogP contribution in [0.15, 0.2) is 85.2 Å². The maximum absolute atomic E-state index is 15.7. The Morgan fingerprint density at radius 1 is 0.511 bits per heavy atom. The minimum Gasteiger partial charge on any atom is -0.497 e. The summed E-state index contributed by atoms with van der Waals surface area (Å²) in [6.45, 7) is 2.55. The minimum absolute atomic E-state index is 0.00668. The minimum atomic E-state index is -2.10. The summed E-state index contributed by atoms with van der Waals surface area (Å²) < 4.78 is 5.32. The zero-order chi connectivity index (χ0) is 97.6. The lowest BCUT2D eigenvalue weighted by Gasteiger charge is -2.36. The zero-order valence-corrected chi connectivity index (χ0v) is 76.1. The molecule has 15 atom stereocenters. The number of carboxylic acid groups (broad SMARTS) is 3. The molecule has 3 saturated heterocycles. The third kappa shape index (κ3) is 29.3. The molecule has 133 heavy (non-hydrogen) atoms. The summed E-state index contributed by atoms with van der Waals surface area (Å²) in [7, 11) is 5.20. The van der Waals surface area contributed by atoms with E-state index in [1.807, 2.05) is 0 Å². The number of H-pyrrole nitrogens is 2. The van der Waals surface area contributed by atoms with Crippen LogP contribution in [0.25, 0.3) is 21.8 Å². The Morgan fingerprint density at radius 3 is 1.59 bits per heavy atom. The molecule has 2 aromatic heterocycles. The summed E-state index contributed by atoms with van der Waals surface area (Å²) in [5.74, 6) is -21.5. The van der Waals surface area contributed by atoms with E-state index in [1.165, 1.54) is 41.4 Å². The number of aliphatic carboxylic acids is 3. The van der Waals surface area contributed by atoms with Crippen LogP contribution in [-0.4, -0.2) is 330 Å². The highest BCUT2D eigenvalue weighted by atomic mass is 32.2. The Labute approximate surface area is 770 Å². The number of nitrogens with one attached hydrogen (secondary N) is 12. The highest BCUT2D eigenvalue weighted by Gasteiger charge is 2.47. The number of nitrogens with zero attached hydrogens (tertiary/aromatic N) is 5. The largest absolute Gasteiger partial charge is 0.497 e. The molecule has 3 aromatic carbocycles. The molecule has 16 amide bonds. The Kier molecular flexibility index (Phi) is 39.8. The molecule has 0 saturated carbocycles. The van der Waals surface area contributed by atoms with Gasteiger partial charge in [-0.2, -0.15) is 0 Å². The number of aliphatic hydroxyl groups is 1. The number of aliphatic hydroxyl groups excluding tert-OH is 1. The molecule has 0 aliphatic carbocycles. The number of para-hydroxylation sites is 2. The Balaban J connectivity index is 1.20. The van der Waals surface area contributed by atoms with E-state index < -0.39 is 279 Å². The van der Waals surface area contributed by atoms with E-state index in [0.29, 0.717) is 57.1 Å². The van der Waals surface area contributed by atoms with E-state index in [0.717, 1.165) is 36.3 Å². The fourth-order valence-corrected chi connectivity index (χ4v) is 17.0. The summed E-state index contributed by atoms with van der Waals surface area (Å²) >= 11 is 0.726. The summed E-state index contributed by atoms with van der Waals surface area (Å²) in [5.41, 5.74) is 20.0. The summed E-state index contributed by atoms with van der Waals surface area (Å²) in [6, 6.07) is -3.12. The summed E-state index contributed by atoms with van der Waals surface area (Å²) in [5, 5.41) is 68.3. The number of benzene rings is 3. The van der Waals surface area contributed by atoms with E-state index in [9.17, 15) is 78.0 Å². The van der Waals surface area contributed by atoms with Gasteiger partial charge in [-0.25, -0.2) is 0 Å². The van der Waals surface area contributed by atoms with Gasteiger partial charge in [0.2, 0.25) is 94.5 Å². The van der Waals surface area contributed by atoms with E-state index in [4.69, 9.17) is 21.9 Å². The first-order valence-electron chi connectivity index (χ1n) is 44.1. The fourth-order valence-electron chi connectivity index (χ4n) is 16.1. The molecule has 0 radical (unpaired) electrons. The smallest absolute Gasteiger partial charge is 0.305 e. The predicted molar refractivity (Wildman–Crippen MR) is 482 cm³/mol. The SMILES string of the molecule is CCCC[C@H]1C(=O)N(C)[C@@H](CCCC)C(=O)N[C@@H](CCC(=O)O)C(=O)N[C@H](C(=O)NCC(N)=O)CSCC(=O)N[C@@H](Cc2ccc(OC)cc2)C(=O)N(C)[C@@H](C)C(=O)N[C@@H](CCN)C(=O)N2CCC[C@H]2C(=O)N[C@@H](CN)C(=O)N[C@@H](CCC(=O)O)C(=O)N2C[C@H](O)C[C@H]2C(=O)N[C@@H](Cc2c[nH]c3ccccc23)C(=O)N[C@@H](CC(=O)O)C(=O)N[C@@H](Cc2c[nH]c3ccccc23)C(=O)N1C. The van der Waals surface area contributed by atoms with Crippen LogP contribution in [-0.2, 0) is 110 Å². The highest BCUT2D eigenvalue weighted by Crippen LogP contribution is 2.28. The molecule has 3 fully saturated rings. The van der Waals surface area contributed by atoms with Crippen LogP contribution < -0.4 is 75.1 Å². The van der Waals surface area contributed by atoms with Gasteiger partial charge in [0, 0.05) is 119 Å². The van der Waals surface area contributed by atoms with Gasteiger partial charge in [0.15, 0.2) is 0 Å². The lowest BCUT2D eigenvalue weighted by atomic mass is 9.99. The Hall–Kier alpha value is -13.3. The first-order valence-corrected chi connectivity index (χ1v) is 45.2. The van der Waals surface area contributed by atoms with Crippen LogP contribution in [0.1, 0.15) is 134 Å². The van der Waals surface area contributed by atoms with Gasteiger partial charge < -0.3 is 130 Å². The Morgan fingerprint density at radius 2 is 1.01 bits per heavy atom. The molecule has 44 nitrogen and oxygen atoms in total. The number of carbonyl (C=O) groups is 19. The normalized spacial score (nSPS) is 24.9. The first kappa shape index (κ1) is 105. The number of methoxy groups -OCH3 is 1. The van der Waals surface area contributed by atoms with Crippen molar-refractivity contribution in [1.29, 1.82) is 0 Å². The number of thioether (sulfide) groups is 1. The Bertz CT molecular complexity index is 5030. The van der Waals surface area contributed by atoms with Crippen molar-refractivity contribution in [3.63, 3.8) is 0 Å². The van der Waals surface area contributed by atoms with Crippen LogP contribution in [0, 0.1) is 0 Å². The monoisotopic (exact) mass is 1870 g/mol. The van der Waals surface area contributed by atoms with Crippen molar-refractivity contribution < 1.29 is 116 Å². The highest BCUT2D eigenvalue weighted by molar-refractivity contribution is 8.00. The summed E-state index contributed by atoms with van der Waals surface area (Å²) in [4.78, 5) is 284. The maximum Gasteiger partial charge on any atom is 0.305 e. The zero-order valence-electron chi connectivity index (χ0n) is 75.3. The number of nitrogens with two attached hydrogens (primary N) is 3. The van der Waals surface area contributed by atoms with E-state index >= 15 is 33.6 Å². The molecular formula is C88H122N20O24S. The molecule has 45 heteroatoms.